The summed E-state index contributed by atoms with van der Waals surface area (Å²) in [5.74, 6) is -0.443. The lowest BCUT2D eigenvalue weighted by Gasteiger charge is -2.14. The van der Waals surface area contributed by atoms with Gasteiger partial charge in [0.2, 0.25) is 0 Å². The lowest BCUT2D eigenvalue weighted by atomic mass is 10.1. The molecule has 0 fully saturated rings. The van der Waals surface area contributed by atoms with Crippen molar-refractivity contribution in [3.8, 4) is 17.2 Å². The third-order valence-corrected chi connectivity index (χ3v) is 7.15. The number of hydrogen-bond donors (Lipinski definition) is 2. The fraction of sp³-hybridized carbons (Fsp3) is 0.231. The van der Waals surface area contributed by atoms with Crippen LogP contribution in [0.3, 0.4) is 0 Å². The molecule has 1 atom stereocenters. The standard InChI is InChI=1S/C26H24F3N3O5S/c27-26(28,29)36-21-10-8-19(9-11-21)23(33)16-30-15-14-18-6-12-22(13-7-18)38(34,35)17-24-31-25(37-32-24)20-4-2-1-3-5-20/h1-13,23,30,33H,14-17H2. The van der Waals surface area contributed by atoms with Gasteiger partial charge in [0, 0.05) is 12.1 Å². The van der Waals surface area contributed by atoms with E-state index in [0.29, 0.717) is 24.1 Å². The normalized spacial score (nSPS) is 12.8. The van der Waals surface area contributed by atoms with Crippen LogP contribution in [0.1, 0.15) is 23.1 Å². The van der Waals surface area contributed by atoms with Crippen LogP contribution in [-0.2, 0) is 22.0 Å². The maximum absolute atomic E-state index is 12.8. The molecular weight excluding hydrogens is 523 g/mol. The van der Waals surface area contributed by atoms with E-state index >= 15 is 0 Å². The Labute approximate surface area is 217 Å². The van der Waals surface area contributed by atoms with Gasteiger partial charge >= 0.3 is 6.36 Å². The van der Waals surface area contributed by atoms with Crippen LogP contribution in [0.2, 0.25) is 0 Å². The van der Waals surface area contributed by atoms with Gasteiger partial charge in [-0.1, -0.05) is 47.6 Å². The van der Waals surface area contributed by atoms with Crippen molar-refractivity contribution in [1.29, 1.82) is 0 Å². The molecule has 1 heterocycles. The van der Waals surface area contributed by atoms with Gasteiger partial charge in [-0.3, -0.25) is 0 Å². The van der Waals surface area contributed by atoms with Gasteiger partial charge in [0.1, 0.15) is 11.5 Å². The molecule has 0 saturated heterocycles. The van der Waals surface area contributed by atoms with Crippen molar-refractivity contribution in [2.75, 3.05) is 13.1 Å². The first kappa shape index (κ1) is 27.3. The van der Waals surface area contributed by atoms with E-state index in [1.807, 2.05) is 18.2 Å². The average Bonchev–Trinajstić information content (AvgIpc) is 3.34. The van der Waals surface area contributed by atoms with Crippen molar-refractivity contribution in [1.82, 2.24) is 15.5 Å². The Kier molecular flexibility index (Phi) is 8.45. The molecule has 0 aliphatic rings. The number of aromatic nitrogens is 2. The highest BCUT2D eigenvalue weighted by Crippen LogP contribution is 2.24. The number of rotatable bonds is 11. The number of sulfone groups is 1. The maximum Gasteiger partial charge on any atom is 0.573 e. The van der Waals surface area contributed by atoms with Crippen molar-refractivity contribution in [2.45, 2.75) is 29.5 Å². The number of benzene rings is 3. The van der Waals surface area contributed by atoms with Crippen LogP contribution >= 0.6 is 0 Å². The van der Waals surface area contributed by atoms with Crippen LogP contribution in [0.5, 0.6) is 5.75 Å². The third-order valence-electron chi connectivity index (χ3n) is 5.52. The molecule has 12 heteroatoms. The summed E-state index contributed by atoms with van der Waals surface area (Å²) in [6, 6.07) is 20.5. The predicted molar refractivity (Wildman–Crippen MR) is 132 cm³/mol. The van der Waals surface area contributed by atoms with E-state index in [-0.39, 0.29) is 28.9 Å². The Bertz CT molecular complexity index is 1430. The van der Waals surface area contributed by atoms with Crippen LogP contribution in [0.15, 0.2) is 88.3 Å². The molecule has 0 aliphatic carbocycles. The molecule has 3 aromatic carbocycles. The summed E-state index contributed by atoms with van der Waals surface area (Å²) in [4.78, 5) is 4.31. The second-order valence-corrected chi connectivity index (χ2v) is 10.4. The van der Waals surface area contributed by atoms with E-state index in [1.54, 1.807) is 24.3 Å². The summed E-state index contributed by atoms with van der Waals surface area (Å²) in [6.07, 6.45) is -5.13. The Morgan fingerprint density at radius 3 is 2.32 bits per heavy atom. The summed E-state index contributed by atoms with van der Waals surface area (Å²) in [5, 5.41) is 17.1. The van der Waals surface area contributed by atoms with E-state index in [2.05, 4.69) is 20.2 Å². The van der Waals surface area contributed by atoms with Gasteiger partial charge in [-0.05, 0) is 60.5 Å². The van der Waals surface area contributed by atoms with Crippen molar-refractivity contribution < 1.29 is 36.0 Å². The van der Waals surface area contributed by atoms with Gasteiger partial charge < -0.3 is 19.7 Å². The van der Waals surface area contributed by atoms with Crippen LogP contribution in [0.25, 0.3) is 11.5 Å². The SMILES string of the molecule is O=S(=O)(Cc1noc(-c2ccccc2)n1)c1ccc(CCNCC(O)c2ccc(OC(F)(F)F)cc2)cc1. The highest BCUT2D eigenvalue weighted by molar-refractivity contribution is 7.90. The topological polar surface area (TPSA) is 115 Å². The summed E-state index contributed by atoms with van der Waals surface area (Å²) >= 11 is 0. The number of hydrogen-bond acceptors (Lipinski definition) is 8. The molecular formula is C26H24F3N3O5S. The van der Waals surface area contributed by atoms with Crippen molar-refractivity contribution >= 4 is 9.84 Å². The van der Waals surface area contributed by atoms with Gasteiger partial charge in [-0.15, -0.1) is 13.2 Å². The number of alkyl halides is 3. The molecule has 1 aromatic heterocycles. The summed E-state index contributed by atoms with van der Waals surface area (Å²) in [5.41, 5.74) is 2.02. The molecule has 200 valence electrons. The van der Waals surface area contributed by atoms with Gasteiger partial charge in [0.05, 0.1) is 11.0 Å². The van der Waals surface area contributed by atoms with Crippen LogP contribution in [-0.4, -0.2) is 43.1 Å². The lowest BCUT2D eigenvalue weighted by Crippen LogP contribution is -2.23. The fourth-order valence-electron chi connectivity index (χ4n) is 3.61. The monoisotopic (exact) mass is 547 g/mol. The lowest BCUT2D eigenvalue weighted by molar-refractivity contribution is -0.274. The molecule has 0 amide bonds. The first-order chi connectivity index (χ1) is 18.1. The van der Waals surface area contributed by atoms with E-state index in [0.717, 1.165) is 17.7 Å². The Morgan fingerprint density at radius 1 is 0.974 bits per heavy atom. The fourth-order valence-corrected chi connectivity index (χ4v) is 4.78. The van der Waals surface area contributed by atoms with Gasteiger partial charge in [-0.25, -0.2) is 8.42 Å². The van der Waals surface area contributed by atoms with E-state index in [9.17, 15) is 26.7 Å². The number of aliphatic hydroxyl groups is 1. The zero-order valence-corrected chi connectivity index (χ0v) is 20.7. The second kappa shape index (κ2) is 11.8. The zero-order chi connectivity index (χ0) is 27.2. The smallest absolute Gasteiger partial charge is 0.406 e. The number of nitrogens with one attached hydrogen (secondary N) is 1. The largest absolute Gasteiger partial charge is 0.573 e. The molecule has 1 unspecified atom stereocenters. The summed E-state index contributed by atoms with van der Waals surface area (Å²) in [6.45, 7) is 0.672. The molecule has 4 aromatic rings. The van der Waals surface area contributed by atoms with Gasteiger partial charge in [0.15, 0.2) is 15.7 Å². The maximum atomic E-state index is 12.8. The number of ether oxygens (including phenoxy) is 1. The average molecular weight is 548 g/mol. The van der Waals surface area contributed by atoms with Crippen molar-refractivity contribution in [2.24, 2.45) is 0 Å². The Morgan fingerprint density at radius 2 is 1.66 bits per heavy atom. The zero-order valence-electron chi connectivity index (χ0n) is 19.9. The summed E-state index contributed by atoms with van der Waals surface area (Å²) in [7, 11) is -3.68. The predicted octanol–water partition coefficient (Wildman–Crippen LogP) is 4.47. The molecule has 4 rings (SSSR count). The molecule has 2 N–H and O–H groups in total. The summed E-state index contributed by atoms with van der Waals surface area (Å²) < 4.78 is 71.3. The van der Waals surface area contributed by atoms with Crippen molar-refractivity contribution in [3.63, 3.8) is 0 Å². The van der Waals surface area contributed by atoms with Crippen LogP contribution in [0.4, 0.5) is 13.2 Å². The van der Waals surface area contributed by atoms with Gasteiger partial charge in [-0.2, -0.15) is 4.98 Å². The first-order valence-corrected chi connectivity index (χ1v) is 13.2. The van der Waals surface area contributed by atoms with E-state index < -0.39 is 28.1 Å². The highest BCUT2D eigenvalue weighted by Gasteiger charge is 2.31. The number of aliphatic hydroxyl groups excluding tert-OH is 1. The molecule has 0 spiro atoms. The third kappa shape index (κ3) is 7.63. The molecule has 0 bridgehead atoms. The number of halogens is 3. The molecule has 0 radical (unpaired) electrons. The van der Waals surface area contributed by atoms with E-state index in [4.69, 9.17) is 4.52 Å². The van der Waals surface area contributed by atoms with Crippen LogP contribution < -0.4 is 10.1 Å². The Hall–Kier alpha value is -3.74. The van der Waals surface area contributed by atoms with E-state index in [1.165, 1.54) is 24.3 Å². The molecule has 8 nitrogen and oxygen atoms in total. The molecule has 38 heavy (non-hydrogen) atoms. The van der Waals surface area contributed by atoms with Crippen LogP contribution in [0, 0.1) is 0 Å². The molecule has 0 aliphatic heterocycles. The number of nitrogens with zero attached hydrogens (tertiary/aromatic N) is 2. The van der Waals surface area contributed by atoms with Gasteiger partial charge in [0.25, 0.3) is 5.89 Å². The quantitative estimate of drug-likeness (QED) is 0.264. The Balaban J connectivity index is 1.24. The van der Waals surface area contributed by atoms with Crippen molar-refractivity contribution in [3.05, 3.63) is 95.8 Å². The second-order valence-electron chi connectivity index (χ2n) is 8.37. The minimum Gasteiger partial charge on any atom is -0.406 e. The highest BCUT2D eigenvalue weighted by atomic mass is 32.2. The first-order valence-electron chi connectivity index (χ1n) is 11.5. The minimum atomic E-state index is -4.77. The molecule has 0 saturated carbocycles. The minimum absolute atomic E-state index is 0.0678.